The highest BCUT2D eigenvalue weighted by Crippen LogP contribution is 2.33. The number of nitrogens with one attached hydrogen (secondary N) is 2. The van der Waals surface area contributed by atoms with E-state index in [0.717, 1.165) is 9.99 Å². The highest BCUT2D eigenvalue weighted by molar-refractivity contribution is 7.89. The molecule has 0 spiro atoms. The lowest BCUT2D eigenvalue weighted by Crippen LogP contribution is -2.75. The minimum atomic E-state index is -4.35. The van der Waals surface area contributed by atoms with Gasteiger partial charge in [-0.05, 0) is 60.2 Å². The Morgan fingerprint density at radius 2 is 1.70 bits per heavy atom. The number of nitrogens with zero attached hydrogens (tertiary/aromatic N) is 3. The average Bonchev–Trinajstić information content (AvgIpc) is 2.95. The van der Waals surface area contributed by atoms with Crippen LogP contribution in [0.15, 0.2) is 71.6 Å². The Labute approximate surface area is 264 Å². The van der Waals surface area contributed by atoms with E-state index in [2.05, 4.69) is 10.6 Å². The highest BCUT2D eigenvalue weighted by Gasteiger charge is 2.52. The van der Waals surface area contributed by atoms with Gasteiger partial charge in [0.15, 0.2) is 0 Å². The molecule has 0 saturated carbocycles. The molecule has 2 saturated heterocycles. The van der Waals surface area contributed by atoms with E-state index in [1.54, 1.807) is 48.5 Å². The number of rotatable bonds is 7. The van der Waals surface area contributed by atoms with Crippen LogP contribution in [0.1, 0.15) is 15.9 Å². The number of benzene rings is 3. The quantitative estimate of drug-likeness (QED) is 0.400. The molecular weight excluding hydrogens is 637 g/mol. The van der Waals surface area contributed by atoms with Gasteiger partial charge >= 0.3 is 0 Å². The highest BCUT2D eigenvalue weighted by atomic mass is 35.5. The Morgan fingerprint density at radius 3 is 2.35 bits per heavy atom. The van der Waals surface area contributed by atoms with Gasteiger partial charge < -0.3 is 20.4 Å². The van der Waals surface area contributed by atoms with Crippen LogP contribution in [0.4, 0.5) is 5.69 Å². The van der Waals surface area contributed by atoms with E-state index in [0.29, 0.717) is 10.6 Å². The number of fused-ring (bicyclic) bond motifs is 1. The van der Waals surface area contributed by atoms with Crippen molar-refractivity contribution in [1.29, 1.82) is 0 Å². The van der Waals surface area contributed by atoms with Gasteiger partial charge in [-0.1, -0.05) is 46.9 Å². The first kappa shape index (κ1) is 31.1. The number of piperazine rings is 1. The summed E-state index contributed by atoms with van der Waals surface area (Å²) in [7, 11) is -0.625. The fourth-order valence-electron chi connectivity index (χ4n) is 5.25. The van der Waals surface area contributed by atoms with E-state index in [1.165, 1.54) is 23.1 Å². The van der Waals surface area contributed by atoms with Crippen LogP contribution in [-0.4, -0.2) is 80.8 Å². The van der Waals surface area contributed by atoms with Crippen molar-refractivity contribution < 1.29 is 22.8 Å². The minimum absolute atomic E-state index is 0.0664. The molecule has 5 rings (SSSR count). The van der Waals surface area contributed by atoms with Crippen molar-refractivity contribution in [3.63, 3.8) is 0 Å². The topological polar surface area (TPSA) is 119 Å². The largest absolute Gasteiger partial charge is 0.378 e. The van der Waals surface area contributed by atoms with Crippen LogP contribution in [0.25, 0.3) is 0 Å². The van der Waals surface area contributed by atoms with Crippen molar-refractivity contribution >= 4 is 68.2 Å². The Bertz CT molecular complexity index is 1690. The van der Waals surface area contributed by atoms with Gasteiger partial charge in [0.2, 0.25) is 21.8 Å². The molecule has 3 aromatic carbocycles. The summed E-state index contributed by atoms with van der Waals surface area (Å²) in [6.45, 7) is -0.545. The molecule has 43 heavy (non-hydrogen) atoms. The lowest BCUT2D eigenvalue weighted by Gasteiger charge is -2.50. The van der Waals surface area contributed by atoms with Crippen molar-refractivity contribution in [3.8, 4) is 0 Å². The van der Waals surface area contributed by atoms with E-state index >= 15 is 0 Å². The van der Waals surface area contributed by atoms with Crippen LogP contribution in [0.5, 0.6) is 0 Å². The first-order valence-corrected chi connectivity index (χ1v) is 15.8. The van der Waals surface area contributed by atoms with Gasteiger partial charge in [-0.25, -0.2) is 8.42 Å². The van der Waals surface area contributed by atoms with Crippen molar-refractivity contribution in [1.82, 2.24) is 19.8 Å². The molecule has 2 fully saturated rings. The number of hydrogen-bond acceptors (Lipinski definition) is 6. The maximum absolute atomic E-state index is 14.1. The van der Waals surface area contributed by atoms with Crippen molar-refractivity contribution in [3.05, 3.63) is 92.9 Å². The smallest absolute Gasteiger partial charge is 0.251 e. The van der Waals surface area contributed by atoms with Gasteiger partial charge in [0, 0.05) is 48.4 Å². The third-order valence-electron chi connectivity index (χ3n) is 7.42. The maximum atomic E-state index is 14.1. The number of halogens is 3. The molecule has 10 nitrogen and oxygen atoms in total. The fourth-order valence-corrected chi connectivity index (χ4v) is 7.80. The van der Waals surface area contributed by atoms with E-state index in [-0.39, 0.29) is 40.0 Å². The van der Waals surface area contributed by atoms with Crippen LogP contribution in [0.3, 0.4) is 0 Å². The second-order valence-corrected chi connectivity index (χ2v) is 13.6. The van der Waals surface area contributed by atoms with Crippen molar-refractivity contribution in [2.24, 2.45) is 0 Å². The van der Waals surface area contributed by atoms with Crippen LogP contribution in [-0.2, 0) is 26.0 Å². The summed E-state index contributed by atoms with van der Waals surface area (Å²) in [6.07, 6.45) is -1.02. The van der Waals surface area contributed by atoms with E-state index in [9.17, 15) is 22.8 Å². The van der Waals surface area contributed by atoms with Crippen LogP contribution < -0.4 is 15.5 Å². The lowest BCUT2D eigenvalue weighted by atomic mass is 9.98. The van der Waals surface area contributed by atoms with Gasteiger partial charge in [-0.3, -0.25) is 14.4 Å². The Morgan fingerprint density at radius 1 is 1.00 bits per heavy atom. The summed E-state index contributed by atoms with van der Waals surface area (Å²) < 4.78 is 29.3. The Hall–Kier alpha value is -3.35. The third-order valence-corrected chi connectivity index (χ3v) is 10.2. The SMILES string of the molecule is CN(C)c1ccc(C(=O)NC2CN(S(=O)(=O)c3ccc(Cl)cc3Cl)C3CNC(=O)C(Cc4cccc(Cl)c4)N3C2=O)cc1. The molecule has 0 aliphatic carbocycles. The third kappa shape index (κ3) is 6.32. The number of carbonyl (C=O) groups excluding carboxylic acids is 3. The molecule has 0 bridgehead atoms. The second-order valence-electron chi connectivity index (χ2n) is 10.4. The van der Waals surface area contributed by atoms with Crippen molar-refractivity contribution in [2.45, 2.75) is 29.6 Å². The molecule has 2 heterocycles. The molecule has 3 amide bonds. The zero-order valence-corrected chi connectivity index (χ0v) is 26.2. The van der Waals surface area contributed by atoms with Gasteiger partial charge in [-0.15, -0.1) is 0 Å². The number of sulfonamides is 1. The summed E-state index contributed by atoms with van der Waals surface area (Å²) in [5.74, 6) is -1.62. The zero-order chi connectivity index (χ0) is 31.1. The molecule has 0 aromatic heterocycles. The molecule has 3 unspecified atom stereocenters. The zero-order valence-electron chi connectivity index (χ0n) is 23.1. The van der Waals surface area contributed by atoms with E-state index < -0.39 is 46.0 Å². The minimum Gasteiger partial charge on any atom is -0.378 e. The predicted molar refractivity (Wildman–Crippen MR) is 165 cm³/mol. The summed E-state index contributed by atoms with van der Waals surface area (Å²) in [5, 5.41) is 6.03. The molecule has 3 aromatic rings. The first-order valence-electron chi connectivity index (χ1n) is 13.3. The van der Waals surface area contributed by atoms with Gasteiger partial charge in [0.05, 0.1) is 11.6 Å². The maximum Gasteiger partial charge on any atom is 0.251 e. The number of anilines is 1. The fraction of sp³-hybridized carbons (Fsp3) is 0.276. The summed E-state index contributed by atoms with van der Waals surface area (Å²) in [6, 6.07) is 15.2. The van der Waals surface area contributed by atoms with Gasteiger partial charge in [0.25, 0.3) is 5.91 Å². The van der Waals surface area contributed by atoms with Crippen molar-refractivity contribution in [2.75, 3.05) is 32.1 Å². The lowest BCUT2D eigenvalue weighted by molar-refractivity contribution is -0.157. The molecule has 2 N–H and O–H groups in total. The standard InChI is InChI=1S/C29H28Cl3N5O5S/c1-35(2)21-9-6-18(7-10-21)27(38)34-23-16-36(43(41,42)25-11-8-20(31)14-22(25)32)26-15-33-28(39)24(37(26)29(23)40)13-17-4-3-5-19(30)12-17/h3-12,14,23-24,26H,13,15-16H2,1-2H3,(H,33,39)(H,34,38). The Kier molecular flexibility index (Phi) is 8.92. The molecule has 14 heteroatoms. The molecule has 0 radical (unpaired) electrons. The molecular formula is C29H28Cl3N5O5S. The van der Waals surface area contributed by atoms with Gasteiger partial charge in [-0.2, -0.15) is 4.31 Å². The molecule has 3 atom stereocenters. The number of hydrogen-bond donors (Lipinski definition) is 2. The molecule has 2 aliphatic rings. The Balaban J connectivity index is 1.54. The van der Waals surface area contributed by atoms with Crippen LogP contribution in [0, 0.1) is 0 Å². The predicted octanol–water partition coefficient (Wildman–Crippen LogP) is 3.41. The number of amides is 3. The summed E-state index contributed by atoms with van der Waals surface area (Å²) >= 11 is 18.5. The summed E-state index contributed by atoms with van der Waals surface area (Å²) in [5.41, 5.74) is 1.82. The normalized spacial score (nSPS) is 20.8. The first-order chi connectivity index (χ1) is 20.4. The number of carbonyl (C=O) groups is 3. The monoisotopic (exact) mass is 663 g/mol. The molecule has 226 valence electrons. The molecule has 2 aliphatic heterocycles. The average molecular weight is 665 g/mol. The second kappa shape index (κ2) is 12.3. The van der Waals surface area contributed by atoms with Gasteiger partial charge in [0.1, 0.15) is 23.1 Å². The summed E-state index contributed by atoms with van der Waals surface area (Å²) in [4.78, 5) is 43.4. The van der Waals surface area contributed by atoms with E-state index in [4.69, 9.17) is 34.8 Å². The van der Waals surface area contributed by atoms with Crippen LogP contribution in [0.2, 0.25) is 15.1 Å². The van der Waals surface area contributed by atoms with Crippen LogP contribution >= 0.6 is 34.8 Å². The van der Waals surface area contributed by atoms with E-state index in [1.807, 2.05) is 19.0 Å².